The molecule has 20 heavy (non-hydrogen) atoms. The molecule has 2 aromatic heterocycles. The molecule has 0 atom stereocenters. The summed E-state index contributed by atoms with van der Waals surface area (Å²) >= 11 is 1.50. The Kier molecular flexibility index (Phi) is 5.29. The number of hydrogen-bond donors (Lipinski definition) is 1. The van der Waals surface area contributed by atoms with E-state index in [0.717, 1.165) is 34.7 Å². The van der Waals surface area contributed by atoms with Gasteiger partial charge in [0.25, 0.3) is 0 Å². The number of hydrogen-bond acceptors (Lipinski definition) is 6. The van der Waals surface area contributed by atoms with Gasteiger partial charge in [0.1, 0.15) is 21.7 Å². The maximum atomic E-state index is 4.58. The van der Waals surface area contributed by atoms with E-state index in [0.29, 0.717) is 5.92 Å². The average Bonchev–Trinajstić information content (AvgIpc) is 2.46. The number of nitrogens with zero attached hydrogens (tertiary/aromatic N) is 4. The molecule has 0 aliphatic rings. The first-order valence-corrected chi connectivity index (χ1v) is 7.57. The first-order valence-electron chi connectivity index (χ1n) is 6.75. The number of anilines is 1. The van der Waals surface area contributed by atoms with Gasteiger partial charge in [0.05, 0.1) is 6.20 Å². The lowest BCUT2D eigenvalue weighted by Gasteiger charge is -2.10. The number of rotatable bonds is 6. The average molecular weight is 289 g/mol. The molecule has 1 N–H and O–H groups in total. The molecule has 2 heterocycles. The first kappa shape index (κ1) is 14.7. The largest absolute Gasteiger partial charge is 0.370 e. The van der Waals surface area contributed by atoms with Crippen molar-refractivity contribution in [1.29, 1.82) is 0 Å². The molecule has 0 aliphatic heterocycles. The van der Waals surface area contributed by atoms with E-state index in [-0.39, 0.29) is 0 Å². The predicted octanol–water partition coefficient (Wildman–Crippen LogP) is 3.36. The van der Waals surface area contributed by atoms with Crippen molar-refractivity contribution in [3.05, 3.63) is 30.5 Å². The Morgan fingerprint density at radius 1 is 1.20 bits per heavy atom. The van der Waals surface area contributed by atoms with Gasteiger partial charge in [-0.2, -0.15) is 0 Å². The summed E-state index contributed by atoms with van der Waals surface area (Å²) in [5, 5.41) is 5.04. The van der Waals surface area contributed by atoms with Gasteiger partial charge in [-0.1, -0.05) is 20.8 Å². The zero-order valence-corrected chi connectivity index (χ0v) is 12.8. The van der Waals surface area contributed by atoms with E-state index in [4.69, 9.17) is 0 Å². The molecule has 0 unspecified atom stereocenters. The third-order valence-corrected chi connectivity index (χ3v) is 3.38. The Labute approximate surface area is 123 Å². The van der Waals surface area contributed by atoms with Crippen LogP contribution in [-0.4, -0.2) is 26.5 Å². The van der Waals surface area contributed by atoms with Gasteiger partial charge in [-0.05, 0) is 18.2 Å². The lowest BCUT2D eigenvalue weighted by Crippen LogP contribution is -2.06. The Morgan fingerprint density at radius 2 is 2.05 bits per heavy atom. The quantitative estimate of drug-likeness (QED) is 0.823. The molecule has 0 amide bonds. The third kappa shape index (κ3) is 4.16. The highest BCUT2D eigenvalue weighted by molar-refractivity contribution is 7.99. The van der Waals surface area contributed by atoms with Crippen molar-refractivity contribution in [2.75, 3.05) is 11.9 Å². The molecule has 0 saturated heterocycles. The van der Waals surface area contributed by atoms with Crippen molar-refractivity contribution in [3.63, 3.8) is 0 Å². The highest BCUT2D eigenvalue weighted by atomic mass is 32.2. The Bertz CT molecular complexity index is 545. The van der Waals surface area contributed by atoms with Crippen LogP contribution in [0.15, 0.2) is 34.7 Å². The molecular formula is C14H19N5S. The molecule has 6 heteroatoms. The minimum absolute atomic E-state index is 0.291. The zero-order chi connectivity index (χ0) is 14.4. The normalized spacial score (nSPS) is 10.8. The molecule has 2 aromatic rings. The summed E-state index contributed by atoms with van der Waals surface area (Å²) in [7, 11) is 0. The minimum atomic E-state index is 0.291. The Morgan fingerprint density at radius 3 is 2.70 bits per heavy atom. The second kappa shape index (κ2) is 7.19. The van der Waals surface area contributed by atoms with E-state index in [2.05, 4.69) is 46.0 Å². The molecule has 0 radical (unpaired) electrons. The van der Waals surface area contributed by atoms with Gasteiger partial charge in [-0.15, -0.1) is 0 Å². The number of nitrogens with one attached hydrogen (secondary N) is 1. The SMILES string of the molecule is CCCNc1cc(Sc2cnccn2)nc(C(C)C)n1. The highest BCUT2D eigenvalue weighted by Gasteiger charge is 2.09. The van der Waals surface area contributed by atoms with Gasteiger partial charge in [0.15, 0.2) is 0 Å². The van der Waals surface area contributed by atoms with E-state index < -0.39 is 0 Å². The van der Waals surface area contributed by atoms with Gasteiger partial charge in [0.2, 0.25) is 0 Å². The van der Waals surface area contributed by atoms with E-state index in [1.807, 2.05) is 6.07 Å². The topological polar surface area (TPSA) is 63.6 Å². The van der Waals surface area contributed by atoms with Crippen molar-refractivity contribution in [3.8, 4) is 0 Å². The molecular weight excluding hydrogens is 270 g/mol. The standard InChI is InChI=1S/C14H19N5S/c1-4-5-16-11-8-12(19-14(18-11)10(2)3)20-13-9-15-6-7-17-13/h6-10H,4-5H2,1-3H3,(H,16,18,19). The van der Waals surface area contributed by atoms with E-state index >= 15 is 0 Å². The summed E-state index contributed by atoms with van der Waals surface area (Å²) in [5.41, 5.74) is 0. The summed E-state index contributed by atoms with van der Waals surface area (Å²) in [5.74, 6) is 2.01. The molecule has 106 valence electrons. The fraction of sp³-hybridized carbons (Fsp3) is 0.429. The van der Waals surface area contributed by atoms with Crippen LogP contribution in [0.4, 0.5) is 5.82 Å². The molecule has 0 spiro atoms. The first-order chi connectivity index (χ1) is 9.69. The van der Waals surface area contributed by atoms with Crippen LogP contribution < -0.4 is 5.32 Å². The second-order valence-electron chi connectivity index (χ2n) is 4.68. The van der Waals surface area contributed by atoms with E-state index in [1.165, 1.54) is 11.8 Å². The van der Waals surface area contributed by atoms with Crippen LogP contribution in [0.1, 0.15) is 38.9 Å². The van der Waals surface area contributed by atoms with Crippen molar-refractivity contribution >= 4 is 17.6 Å². The fourth-order valence-corrected chi connectivity index (χ4v) is 2.29. The van der Waals surface area contributed by atoms with Crippen LogP contribution in [0.3, 0.4) is 0 Å². The number of aromatic nitrogens is 4. The molecule has 5 nitrogen and oxygen atoms in total. The van der Waals surface area contributed by atoms with Gasteiger partial charge in [-0.25, -0.2) is 15.0 Å². The molecule has 0 saturated carbocycles. The Hall–Kier alpha value is -1.69. The van der Waals surface area contributed by atoms with Crippen molar-refractivity contribution in [2.24, 2.45) is 0 Å². The lowest BCUT2D eigenvalue weighted by atomic mass is 10.2. The van der Waals surface area contributed by atoms with E-state index in [1.54, 1.807) is 18.6 Å². The Balaban J connectivity index is 2.24. The molecule has 0 fully saturated rings. The summed E-state index contributed by atoms with van der Waals surface area (Å²) < 4.78 is 0. The van der Waals surface area contributed by atoms with Crippen LogP contribution in [0.5, 0.6) is 0 Å². The van der Waals surface area contributed by atoms with Gasteiger partial charge in [0, 0.05) is 30.9 Å². The van der Waals surface area contributed by atoms with Crippen LogP contribution in [0, 0.1) is 0 Å². The minimum Gasteiger partial charge on any atom is -0.370 e. The second-order valence-corrected chi connectivity index (χ2v) is 5.72. The fourth-order valence-electron chi connectivity index (χ4n) is 1.54. The molecule has 2 rings (SSSR count). The monoisotopic (exact) mass is 289 g/mol. The van der Waals surface area contributed by atoms with Gasteiger partial charge in [-0.3, -0.25) is 4.98 Å². The van der Waals surface area contributed by atoms with Gasteiger partial charge >= 0.3 is 0 Å². The van der Waals surface area contributed by atoms with Crippen LogP contribution >= 0.6 is 11.8 Å². The van der Waals surface area contributed by atoms with Crippen LogP contribution in [0.2, 0.25) is 0 Å². The molecule has 0 bridgehead atoms. The van der Waals surface area contributed by atoms with Crippen molar-refractivity contribution < 1.29 is 0 Å². The van der Waals surface area contributed by atoms with Gasteiger partial charge < -0.3 is 5.32 Å². The summed E-state index contributed by atoms with van der Waals surface area (Å²) in [6.07, 6.45) is 6.15. The predicted molar refractivity (Wildman–Crippen MR) is 81.1 cm³/mol. The third-order valence-electron chi connectivity index (χ3n) is 2.54. The van der Waals surface area contributed by atoms with Crippen LogP contribution in [0.25, 0.3) is 0 Å². The van der Waals surface area contributed by atoms with Crippen molar-refractivity contribution in [2.45, 2.75) is 43.2 Å². The maximum absolute atomic E-state index is 4.58. The smallest absolute Gasteiger partial charge is 0.134 e. The van der Waals surface area contributed by atoms with Crippen molar-refractivity contribution in [1.82, 2.24) is 19.9 Å². The summed E-state index contributed by atoms with van der Waals surface area (Å²) in [4.78, 5) is 17.4. The zero-order valence-electron chi connectivity index (χ0n) is 12.0. The highest BCUT2D eigenvalue weighted by Crippen LogP contribution is 2.26. The maximum Gasteiger partial charge on any atom is 0.134 e. The van der Waals surface area contributed by atoms with Crippen LogP contribution in [-0.2, 0) is 0 Å². The summed E-state index contributed by atoms with van der Waals surface area (Å²) in [6.45, 7) is 7.22. The molecule has 0 aromatic carbocycles. The summed E-state index contributed by atoms with van der Waals surface area (Å²) in [6, 6.07) is 1.96. The lowest BCUT2D eigenvalue weighted by molar-refractivity contribution is 0.753. The van der Waals surface area contributed by atoms with E-state index in [9.17, 15) is 0 Å². The molecule has 0 aliphatic carbocycles.